The number of hydrogen-bond donors (Lipinski definition) is 0. The van der Waals surface area contributed by atoms with Gasteiger partial charge in [-0.3, -0.25) is 0 Å². The summed E-state index contributed by atoms with van der Waals surface area (Å²) in [6.45, 7) is 8.14. The Bertz CT molecular complexity index is 832. The van der Waals surface area contributed by atoms with Crippen LogP contribution >= 0.6 is 0 Å². The van der Waals surface area contributed by atoms with Crippen molar-refractivity contribution in [1.82, 2.24) is 9.97 Å². The largest absolute Gasteiger partial charge is 0.496 e. The third-order valence-electron chi connectivity index (χ3n) is 4.96. The molecule has 1 heterocycles. The standard InChI is InChI=1S/C23H31F3N2O2/c1-6-10-16(11-7-2)30-22-19(9-4)27-21(18(8-3)28-22)17-13-12-15(23(24,25)26)14-20(17)29-5/h12-14,16H,6-11H2,1-5H3. The van der Waals surface area contributed by atoms with Gasteiger partial charge in [-0.1, -0.05) is 40.5 Å². The maximum Gasteiger partial charge on any atom is 0.416 e. The van der Waals surface area contributed by atoms with E-state index in [2.05, 4.69) is 13.8 Å². The number of benzene rings is 1. The first-order valence-corrected chi connectivity index (χ1v) is 10.6. The van der Waals surface area contributed by atoms with E-state index < -0.39 is 11.7 Å². The minimum absolute atomic E-state index is 0.0794. The van der Waals surface area contributed by atoms with Crippen molar-refractivity contribution in [3.05, 3.63) is 35.2 Å². The van der Waals surface area contributed by atoms with Crippen molar-refractivity contribution in [2.75, 3.05) is 7.11 Å². The maximum atomic E-state index is 13.1. The van der Waals surface area contributed by atoms with E-state index in [9.17, 15) is 13.2 Å². The van der Waals surface area contributed by atoms with E-state index in [4.69, 9.17) is 19.4 Å². The number of hydrogen-bond acceptors (Lipinski definition) is 4. The molecule has 0 spiro atoms. The average Bonchev–Trinajstić information content (AvgIpc) is 2.72. The summed E-state index contributed by atoms with van der Waals surface area (Å²) in [5.41, 5.74) is 1.64. The Morgan fingerprint density at radius 3 is 2.07 bits per heavy atom. The first-order valence-electron chi connectivity index (χ1n) is 10.6. The van der Waals surface area contributed by atoms with Crippen molar-refractivity contribution in [1.29, 1.82) is 0 Å². The van der Waals surface area contributed by atoms with Crippen LogP contribution in [0.3, 0.4) is 0 Å². The minimum atomic E-state index is -4.44. The number of nitrogens with zero attached hydrogens (tertiary/aromatic N) is 2. The van der Waals surface area contributed by atoms with E-state index in [1.54, 1.807) is 0 Å². The van der Waals surface area contributed by atoms with Crippen molar-refractivity contribution >= 4 is 0 Å². The van der Waals surface area contributed by atoms with Gasteiger partial charge in [0, 0.05) is 5.56 Å². The fourth-order valence-corrected chi connectivity index (χ4v) is 3.40. The van der Waals surface area contributed by atoms with Crippen LogP contribution < -0.4 is 9.47 Å². The molecule has 7 heteroatoms. The molecule has 0 aliphatic carbocycles. The van der Waals surface area contributed by atoms with Crippen LogP contribution in [0.5, 0.6) is 11.6 Å². The number of halogens is 3. The highest BCUT2D eigenvalue weighted by Gasteiger charge is 2.32. The molecule has 1 aromatic heterocycles. The molecule has 0 aliphatic rings. The summed E-state index contributed by atoms with van der Waals surface area (Å²) in [5, 5.41) is 0. The zero-order valence-corrected chi connectivity index (χ0v) is 18.4. The predicted octanol–water partition coefficient (Wildman–Crippen LogP) is 6.64. The fourth-order valence-electron chi connectivity index (χ4n) is 3.40. The van der Waals surface area contributed by atoms with E-state index in [0.29, 0.717) is 41.4 Å². The van der Waals surface area contributed by atoms with Crippen molar-refractivity contribution < 1.29 is 22.6 Å². The van der Waals surface area contributed by atoms with Crippen molar-refractivity contribution in [3.8, 4) is 22.9 Å². The van der Waals surface area contributed by atoms with Crippen LogP contribution in [0.4, 0.5) is 13.2 Å². The predicted molar refractivity (Wildman–Crippen MR) is 112 cm³/mol. The van der Waals surface area contributed by atoms with Crippen molar-refractivity contribution in [2.45, 2.75) is 78.5 Å². The van der Waals surface area contributed by atoms with Crippen LogP contribution in [0, 0.1) is 0 Å². The van der Waals surface area contributed by atoms with Gasteiger partial charge in [-0.25, -0.2) is 9.97 Å². The Kier molecular flexibility index (Phi) is 8.50. The van der Waals surface area contributed by atoms with Gasteiger partial charge in [-0.15, -0.1) is 0 Å². The highest BCUT2D eigenvalue weighted by molar-refractivity contribution is 5.70. The molecule has 4 nitrogen and oxygen atoms in total. The number of aryl methyl sites for hydroxylation is 2. The molecule has 0 radical (unpaired) electrons. The summed E-state index contributed by atoms with van der Waals surface area (Å²) in [4.78, 5) is 9.48. The van der Waals surface area contributed by atoms with Gasteiger partial charge in [0.25, 0.3) is 0 Å². The molecule has 0 N–H and O–H groups in total. The molecule has 0 aliphatic heterocycles. The Hall–Kier alpha value is -2.31. The molecule has 30 heavy (non-hydrogen) atoms. The number of alkyl halides is 3. The summed E-state index contributed by atoms with van der Waals surface area (Å²) in [6, 6.07) is 3.46. The minimum Gasteiger partial charge on any atom is -0.496 e. The van der Waals surface area contributed by atoms with E-state index in [1.165, 1.54) is 13.2 Å². The fraction of sp³-hybridized carbons (Fsp3) is 0.565. The second-order valence-corrected chi connectivity index (χ2v) is 7.21. The lowest BCUT2D eigenvalue weighted by Gasteiger charge is -2.21. The quantitative estimate of drug-likeness (QED) is 0.429. The molecule has 0 fully saturated rings. The molecule has 0 bridgehead atoms. The van der Waals surface area contributed by atoms with Gasteiger partial charge < -0.3 is 9.47 Å². The smallest absolute Gasteiger partial charge is 0.416 e. The van der Waals surface area contributed by atoms with Gasteiger partial charge >= 0.3 is 6.18 Å². The Morgan fingerprint density at radius 2 is 1.57 bits per heavy atom. The molecule has 0 amide bonds. The lowest BCUT2D eigenvalue weighted by Crippen LogP contribution is -2.19. The van der Waals surface area contributed by atoms with E-state index in [0.717, 1.165) is 37.8 Å². The summed E-state index contributed by atoms with van der Waals surface area (Å²) in [6.07, 6.45) is 0.721. The third-order valence-corrected chi connectivity index (χ3v) is 4.96. The van der Waals surface area contributed by atoms with Gasteiger partial charge in [0.15, 0.2) is 0 Å². The molecule has 0 atom stereocenters. The summed E-state index contributed by atoms with van der Waals surface area (Å²) >= 11 is 0. The van der Waals surface area contributed by atoms with Gasteiger partial charge in [-0.2, -0.15) is 13.2 Å². The number of ether oxygens (including phenoxy) is 2. The molecule has 2 aromatic rings. The topological polar surface area (TPSA) is 44.2 Å². The molecule has 2 rings (SSSR count). The summed E-state index contributed by atoms with van der Waals surface area (Å²) in [5.74, 6) is 0.648. The molecule has 0 unspecified atom stereocenters. The third kappa shape index (κ3) is 5.64. The molecular weight excluding hydrogens is 393 g/mol. The number of aromatic nitrogens is 2. The maximum absolute atomic E-state index is 13.1. The lowest BCUT2D eigenvalue weighted by molar-refractivity contribution is -0.137. The molecule has 166 valence electrons. The highest BCUT2D eigenvalue weighted by atomic mass is 19.4. The lowest BCUT2D eigenvalue weighted by atomic mass is 10.0. The number of methoxy groups -OCH3 is 1. The Morgan fingerprint density at radius 1 is 0.933 bits per heavy atom. The SMILES string of the molecule is CCCC(CCC)Oc1nc(CC)c(-c2ccc(C(F)(F)F)cc2OC)nc1CC. The van der Waals surface area contributed by atoms with Gasteiger partial charge in [0.1, 0.15) is 17.5 Å². The van der Waals surface area contributed by atoms with Crippen LogP contribution in [0.1, 0.15) is 70.3 Å². The van der Waals surface area contributed by atoms with Crippen molar-refractivity contribution in [3.63, 3.8) is 0 Å². The zero-order chi connectivity index (χ0) is 22.3. The Labute approximate surface area is 176 Å². The van der Waals surface area contributed by atoms with Crippen LogP contribution in [0.2, 0.25) is 0 Å². The second-order valence-electron chi connectivity index (χ2n) is 7.21. The molecule has 0 saturated heterocycles. The highest BCUT2D eigenvalue weighted by Crippen LogP contribution is 2.38. The first kappa shape index (κ1) is 24.0. The van der Waals surface area contributed by atoms with Crippen LogP contribution in [0.25, 0.3) is 11.3 Å². The van der Waals surface area contributed by atoms with Crippen LogP contribution in [-0.2, 0) is 19.0 Å². The van der Waals surface area contributed by atoms with Crippen LogP contribution in [-0.4, -0.2) is 23.2 Å². The molecule has 1 aromatic carbocycles. The van der Waals surface area contributed by atoms with E-state index >= 15 is 0 Å². The molecular formula is C23H31F3N2O2. The Balaban J connectivity index is 2.54. The van der Waals surface area contributed by atoms with Crippen molar-refractivity contribution in [2.24, 2.45) is 0 Å². The van der Waals surface area contributed by atoms with E-state index in [1.807, 2.05) is 13.8 Å². The first-order chi connectivity index (χ1) is 14.3. The van der Waals surface area contributed by atoms with Gasteiger partial charge in [0.05, 0.1) is 24.1 Å². The van der Waals surface area contributed by atoms with Crippen LogP contribution in [0.15, 0.2) is 18.2 Å². The second kappa shape index (κ2) is 10.6. The summed E-state index contributed by atoms with van der Waals surface area (Å²) < 4.78 is 50.8. The van der Waals surface area contributed by atoms with E-state index in [-0.39, 0.29) is 11.9 Å². The number of rotatable bonds is 10. The van der Waals surface area contributed by atoms with Gasteiger partial charge in [0.2, 0.25) is 5.88 Å². The monoisotopic (exact) mass is 424 g/mol. The summed E-state index contributed by atoms with van der Waals surface area (Å²) in [7, 11) is 1.36. The van der Waals surface area contributed by atoms with Gasteiger partial charge in [-0.05, 0) is 43.9 Å². The average molecular weight is 425 g/mol. The zero-order valence-electron chi connectivity index (χ0n) is 18.4. The molecule has 0 saturated carbocycles. The normalized spacial score (nSPS) is 11.8.